The number of carbonyl (C=O) groups is 1. The van der Waals surface area contributed by atoms with E-state index in [9.17, 15) is 4.79 Å². The van der Waals surface area contributed by atoms with E-state index < -0.39 is 5.97 Å². The number of furan rings is 1. The summed E-state index contributed by atoms with van der Waals surface area (Å²) in [4.78, 5) is 13.2. The first-order valence-corrected chi connectivity index (χ1v) is 7.15. The number of rotatable bonds is 9. The third kappa shape index (κ3) is 5.35. The van der Waals surface area contributed by atoms with Crippen LogP contribution in [-0.2, 0) is 6.54 Å². The van der Waals surface area contributed by atoms with Crippen molar-refractivity contribution in [2.24, 2.45) is 0 Å². The molecule has 0 atom stereocenters. The van der Waals surface area contributed by atoms with Crippen LogP contribution in [0.5, 0.6) is 0 Å². The molecule has 0 aromatic carbocycles. The molecule has 0 amide bonds. The Morgan fingerprint density at radius 1 is 1.45 bits per heavy atom. The van der Waals surface area contributed by atoms with E-state index in [0.717, 1.165) is 25.9 Å². The molecule has 2 N–H and O–H groups in total. The molecule has 0 aliphatic carbocycles. The second-order valence-corrected chi connectivity index (χ2v) is 5.49. The molecule has 0 aliphatic rings. The minimum Gasteiger partial charge on any atom is -0.475 e. The Kier molecular flexibility index (Phi) is 6.75. The predicted octanol–water partition coefficient (Wildman–Crippen LogP) is 2.50. The lowest BCUT2D eigenvalue weighted by molar-refractivity contribution is 0.0659. The zero-order chi connectivity index (χ0) is 15.1. The van der Waals surface area contributed by atoms with E-state index in [0.29, 0.717) is 23.9 Å². The standard InChI is InChI=1S/C15H26N2O3/c1-11(2)17(4)8-6-5-7-16-10-13-9-12(3)14(20-13)15(18)19/h9,11,16H,5-8,10H2,1-4H3,(H,18,19). The van der Waals surface area contributed by atoms with Crippen molar-refractivity contribution in [1.82, 2.24) is 10.2 Å². The van der Waals surface area contributed by atoms with Gasteiger partial charge in [-0.25, -0.2) is 4.79 Å². The second kappa shape index (κ2) is 8.07. The van der Waals surface area contributed by atoms with Crippen molar-refractivity contribution in [3.63, 3.8) is 0 Å². The highest BCUT2D eigenvalue weighted by Crippen LogP contribution is 2.14. The summed E-state index contributed by atoms with van der Waals surface area (Å²) in [5.74, 6) is -0.287. The number of hydrogen-bond donors (Lipinski definition) is 2. The Balaban J connectivity index is 2.19. The summed E-state index contributed by atoms with van der Waals surface area (Å²) in [6, 6.07) is 2.37. The van der Waals surface area contributed by atoms with Gasteiger partial charge in [-0.15, -0.1) is 0 Å². The van der Waals surface area contributed by atoms with E-state index in [1.807, 2.05) is 0 Å². The van der Waals surface area contributed by atoms with Gasteiger partial charge in [0.2, 0.25) is 5.76 Å². The van der Waals surface area contributed by atoms with Crippen molar-refractivity contribution in [2.45, 2.75) is 46.2 Å². The molecule has 0 aliphatic heterocycles. The van der Waals surface area contributed by atoms with Crippen LogP contribution in [0.4, 0.5) is 0 Å². The molecule has 114 valence electrons. The van der Waals surface area contributed by atoms with Gasteiger partial charge in [0.25, 0.3) is 0 Å². The number of unbranched alkanes of at least 4 members (excludes halogenated alkanes) is 1. The zero-order valence-electron chi connectivity index (χ0n) is 12.9. The van der Waals surface area contributed by atoms with Crippen LogP contribution in [0, 0.1) is 6.92 Å². The van der Waals surface area contributed by atoms with Gasteiger partial charge in [0, 0.05) is 11.6 Å². The molecule has 20 heavy (non-hydrogen) atoms. The molecule has 0 fully saturated rings. The fourth-order valence-corrected chi connectivity index (χ4v) is 1.93. The van der Waals surface area contributed by atoms with Crippen LogP contribution in [0.2, 0.25) is 0 Å². The number of aromatic carboxylic acids is 1. The van der Waals surface area contributed by atoms with Crippen molar-refractivity contribution in [2.75, 3.05) is 20.1 Å². The van der Waals surface area contributed by atoms with Crippen molar-refractivity contribution in [3.05, 3.63) is 23.2 Å². The lowest BCUT2D eigenvalue weighted by atomic mass is 10.2. The number of hydrogen-bond acceptors (Lipinski definition) is 4. The van der Waals surface area contributed by atoms with E-state index in [-0.39, 0.29) is 5.76 Å². The molecule has 1 heterocycles. The molecule has 0 spiro atoms. The molecule has 0 bridgehead atoms. The van der Waals surface area contributed by atoms with Crippen LogP contribution in [0.3, 0.4) is 0 Å². The Bertz CT molecular complexity index is 427. The largest absolute Gasteiger partial charge is 0.475 e. The number of aryl methyl sites for hydroxylation is 1. The molecule has 5 heteroatoms. The van der Waals surface area contributed by atoms with Gasteiger partial charge >= 0.3 is 5.97 Å². The molecule has 5 nitrogen and oxygen atoms in total. The lowest BCUT2D eigenvalue weighted by Gasteiger charge is -2.20. The number of carboxylic acids is 1. The van der Waals surface area contributed by atoms with E-state index in [4.69, 9.17) is 9.52 Å². The van der Waals surface area contributed by atoms with Crippen LogP contribution in [0.25, 0.3) is 0 Å². The first-order valence-electron chi connectivity index (χ1n) is 7.15. The number of nitrogens with one attached hydrogen (secondary N) is 1. The topological polar surface area (TPSA) is 65.7 Å². The monoisotopic (exact) mass is 282 g/mol. The summed E-state index contributed by atoms with van der Waals surface area (Å²) in [6.45, 7) is 8.72. The lowest BCUT2D eigenvalue weighted by Crippen LogP contribution is -2.27. The van der Waals surface area contributed by atoms with Gasteiger partial charge in [0.15, 0.2) is 0 Å². The molecule has 0 unspecified atom stereocenters. The Morgan fingerprint density at radius 2 is 2.15 bits per heavy atom. The first-order chi connectivity index (χ1) is 9.41. The van der Waals surface area contributed by atoms with Crippen LogP contribution < -0.4 is 5.32 Å². The van der Waals surface area contributed by atoms with E-state index in [1.54, 1.807) is 13.0 Å². The van der Waals surface area contributed by atoms with Crippen molar-refractivity contribution < 1.29 is 14.3 Å². The van der Waals surface area contributed by atoms with E-state index in [2.05, 4.69) is 31.1 Å². The quantitative estimate of drug-likeness (QED) is 0.681. The summed E-state index contributed by atoms with van der Waals surface area (Å²) >= 11 is 0. The Labute approximate surface area is 121 Å². The molecule has 1 aromatic heterocycles. The maximum atomic E-state index is 10.9. The summed E-state index contributed by atoms with van der Waals surface area (Å²) in [7, 11) is 2.14. The third-order valence-electron chi connectivity index (χ3n) is 3.46. The van der Waals surface area contributed by atoms with Gasteiger partial charge in [0.1, 0.15) is 5.76 Å². The number of nitrogens with zero attached hydrogens (tertiary/aromatic N) is 1. The zero-order valence-corrected chi connectivity index (χ0v) is 12.9. The summed E-state index contributed by atoms with van der Waals surface area (Å²) in [5.41, 5.74) is 0.674. The highest BCUT2D eigenvalue weighted by atomic mass is 16.4. The third-order valence-corrected chi connectivity index (χ3v) is 3.46. The first kappa shape index (κ1) is 16.7. The second-order valence-electron chi connectivity index (χ2n) is 5.49. The normalized spacial score (nSPS) is 11.5. The molecule has 0 saturated heterocycles. The Hall–Kier alpha value is -1.33. The maximum absolute atomic E-state index is 10.9. The predicted molar refractivity (Wildman–Crippen MR) is 79.1 cm³/mol. The maximum Gasteiger partial charge on any atom is 0.372 e. The van der Waals surface area contributed by atoms with Crippen LogP contribution in [0.1, 0.15) is 48.6 Å². The van der Waals surface area contributed by atoms with Crippen LogP contribution in [0.15, 0.2) is 10.5 Å². The van der Waals surface area contributed by atoms with Crippen molar-refractivity contribution in [1.29, 1.82) is 0 Å². The van der Waals surface area contributed by atoms with E-state index >= 15 is 0 Å². The summed E-state index contributed by atoms with van der Waals surface area (Å²) < 4.78 is 5.28. The molecule has 1 rings (SSSR count). The smallest absolute Gasteiger partial charge is 0.372 e. The molecule has 0 radical (unpaired) electrons. The van der Waals surface area contributed by atoms with Gasteiger partial charge in [-0.1, -0.05) is 0 Å². The number of carboxylic acid groups (broad SMARTS) is 1. The average Bonchev–Trinajstić information content (AvgIpc) is 2.74. The highest BCUT2D eigenvalue weighted by Gasteiger charge is 2.13. The van der Waals surface area contributed by atoms with Gasteiger partial charge in [-0.2, -0.15) is 0 Å². The van der Waals surface area contributed by atoms with E-state index in [1.165, 1.54) is 0 Å². The van der Waals surface area contributed by atoms with Crippen molar-refractivity contribution in [3.8, 4) is 0 Å². The van der Waals surface area contributed by atoms with Gasteiger partial charge in [-0.3, -0.25) is 0 Å². The highest BCUT2D eigenvalue weighted by molar-refractivity contribution is 5.86. The minimum absolute atomic E-state index is 0.0420. The summed E-state index contributed by atoms with van der Waals surface area (Å²) in [6.07, 6.45) is 2.25. The van der Waals surface area contributed by atoms with Gasteiger partial charge < -0.3 is 19.7 Å². The van der Waals surface area contributed by atoms with Gasteiger partial charge in [-0.05, 0) is 59.8 Å². The molecular formula is C15H26N2O3. The van der Waals surface area contributed by atoms with Gasteiger partial charge in [0.05, 0.1) is 6.54 Å². The summed E-state index contributed by atoms with van der Waals surface area (Å²) in [5, 5.41) is 12.2. The SMILES string of the molecule is Cc1cc(CNCCCCN(C)C(C)C)oc1C(=O)O. The van der Waals surface area contributed by atoms with Crippen LogP contribution >= 0.6 is 0 Å². The fourth-order valence-electron chi connectivity index (χ4n) is 1.93. The average molecular weight is 282 g/mol. The molecule has 1 aromatic rings. The fraction of sp³-hybridized carbons (Fsp3) is 0.667. The van der Waals surface area contributed by atoms with Crippen molar-refractivity contribution >= 4 is 5.97 Å². The van der Waals surface area contributed by atoms with Crippen LogP contribution in [-0.4, -0.2) is 42.2 Å². The molecule has 0 saturated carbocycles. The Morgan fingerprint density at radius 3 is 2.70 bits per heavy atom. The minimum atomic E-state index is -1.01. The molecular weight excluding hydrogens is 256 g/mol.